The number of hydrogen-bond donors (Lipinski definition) is 0. The molecule has 0 saturated carbocycles. The molecule has 1 fully saturated rings. The number of oxazole rings is 1. The number of rotatable bonds is 4. The predicted octanol–water partition coefficient (Wildman–Crippen LogP) is 1.76. The molecule has 2 heterocycles. The second-order valence-electron chi connectivity index (χ2n) is 7.02. The van der Waals surface area contributed by atoms with Crippen LogP contribution in [0.3, 0.4) is 0 Å². The summed E-state index contributed by atoms with van der Waals surface area (Å²) < 4.78 is 59.2. The second kappa shape index (κ2) is 7.12. The molecule has 0 bridgehead atoms. The molecule has 0 amide bonds. The lowest BCUT2D eigenvalue weighted by Gasteiger charge is -2.31. The summed E-state index contributed by atoms with van der Waals surface area (Å²) in [4.78, 5) is 11.9. The first-order chi connectivity index (χ1) is 13.7. The predicted molar refractivity (Wildman–Crippen MR) is 107 cm³/mol. The lowest BCUT2D eigenvalue weighted by Crippen LogP contribution is -2.42. The zero-order valence-electron chi connectivity index (χ0n) is 15.7. The third kappa shape index (κ3) is 3.41. The molecule has 2 aromatic carbocycles. The van der Waals surface area contributed by atoms with Gasteiger partial charge in [0.15, 0.2) is 15.4 Å². The minimum Gasteiger partial charge on any atom is -0.408 e. The van der Waals surface area contributed by atoms with Crippen molar-refractivity contribution < 1.29 is 21.3 Å². The third-order valence-corrected chi connectivity index (χ3v) is 9.49. The van der Waals surface area contributed by atoms with Gasteiger partial charge in [0.2, 0.25) is 10.0 Å². The smallest absolute Gasteiger partial charge is 0.408 e. The molecule has 0 radical (unpaired) electrons. The lowest BCUT2D eigenvalue weighted by atomic mass is 10.2. The molecule has 1 aromatic heterocycles. The highest BCUT2D eigenvalue weighted by Crippen LogP contribution is 2.28. The van der Waals surface area contributed by atoms with E-state index in [1.165, 1.54) is 34.1 Å². The molecule has 1 aliphatic heterocycles. The van der Waals surface area contributed by atoms with Gasteiger partial charge in [-0.1, -0.05) is 18.2 Å². The van der Waals surface area contributed by atoms with Crippen LogP contribution in [0.2, 0.25) is 0 Å². The fraction of sp³-hybridized carbons (Fsp3) is 0.316. The number of aromatic nitrogens is 1. The van der Waals surface area contributed by atoms with Gasteiger partial charge in [0.05, 0.1) is 20.6 Å². The highest BCUT2D eigenvalue weighted by atomic mass is 32.2. The van der Waals surface area contributed by atoms with Gasteiger partial charge in [0, 0.05) is 20.1 Å². The first-order valence-corrected chi connectivity index (χ1v) is 12.1. The Labute approximate surface area is 168 Å². The molecule has 0 unspecified atom stereocenters. The fourth-order valence-electron chi connectivity index (χ4n) is 3.60. The topological polar surface area (TPSA) is 107 Å². The van der Waals surface area contributed by atoms with Gasteiger partial charge in [0.1, 0.15) is 0 Å². The maximum atomic E-state index is 13.0. The van der Waals surface area contributed by atoms with E-state index in [9.17, 15) is 21.6 Å². The van der Waals surface area contributed by atoms with Gasteiger partial charge >= 0.3 is 5.76 Å². The van der Waals surface area contributed by atoms with Crippen LogP contribution in [0.1, 0.15) is 12.8 Å². The van der Waals surface area contributed by atoms with Crippen LogP contribution in [-0.2, 0) is 26.9 Å². The summed E-state index contributed by atoms with van der Waals surface area (Å²) in [7, 11) is -5.81. The number of sulfonamides is 1. The highest BCUT2D eigenvalue weighted by Gasteiger charge is 2.35. The van der Waals surface area contributed by atoms with Gasteiger partial charge in [-0.2, -0.15) is 4.31 Å². The van der Waals surface area contributed by atoms with E-state index in [1.807, 2.05) is 0 Å². The van der Waals surface area contributed by atoms with Crippen molar-refractivity contribution in [2.24, 2.45) is 7.05 Å². The van der Waals surface area contributed by atoms with Crippen molar-refractivity contribution in [3.63, 3.8) is 0 Å². The van der Waals surface area contributed by atoms with E-state index in [0.717, 1.165) is 0 Å². The molecule has 1 aliphatic rings. The van der Waals surface area contributed by atoms with Gasteiger partial charge in [-0.05, 0) is 43.2 Å². The molecule has 154 valence electrons. The second-order valence-corrected chi connectivity index (χ2v) is 11.2. The number of benzene rings is 2. The van der Waals surface area contributed by atoms with Crippen molar-refractivity contribution in [2.45, 2.75) is 27.9 Å². The molecule has 0 spiro atoms. The van der Waals surface area contributed by atoms with Crippen LogP contribution >= 0.6 is 0 Å². The molecular formula is C19H20N2O6S2. The Bertz CT molecular complexity index is 1320. The van der Waals surface area contributed by atoms with Crippen molar-refractivity contribution in [1.82, 2.24) is 8.87 Å². The van der Waals surface area contributed by atoms with E-state index in [2.05, 4.69) is 0 Å². The fourth-order valence-corrected chi connectivity index (χ4v) is 6.84. The maximum absolute atomic E-state index is 13.0. The van der Waals surface area contributed by atoms with Crippen molar-refractivity contribution in [3.05, 3.63) is 59.1 Å². The summed E-state index contributed by atoms with van der Waals surface area (Å²) in [5.74, 6) is -0.568. The molecule has 29 heavy (non-hydrogen) atoms. The van der Waals surface area contributed by atoms with Crippen LogP contribution < -0.4 is 5.76 Å². The van der Waals surface area contributed by atoms with Crippen molar-refractivity contribution in [3.8, 4) is 0 Å². The van der Waals surface area contributed by atoms with Gasteiger partial charge in [-0.3, -0.25) is 4.57 Å². The molecule has 0 atom stereocenters. The van der Waals surface area contributed by atoms with E-state index in [4.69, 9.17) is 4.42 Å². The van der Waals surface area contributed by atoms with Gasteiger partial charge in [-0.15, -0.1) is 0 Å². The quantitative estimate of drug-likeness (QED) is 0.617. The molecule has 3 aromatic rings. The summed E-state index contributed by atoms with van der Waals surface area (Å²) in [5, 5.41) is -0.617. The Morgan fingerprint density at radius 1 is 0.931 bits per heavy atom. The van der Waals surface area contributed by atoms with Gasteiger partial charge in [-0.25, -0.2) is 21.6 Å². The molecule has 0 aliphatic carbocycles. The number of aryl methyl sites for hydroxylation is 1. The minimum absolute atomic E-state index is 0.0470. The summed E-state index contributed by atoms with van der Waals surface area (Å²) in [6.45, 7) is 0.225. The largest absolute Gasteiger partial charge is 0.419 e. The van der Waals surface area contributed by atoms with Crippen molar-refractivity contribution in [1.29, 1.82) is 0 Å². The molecular weight excluding hydrogens is 416 g/mol. The molecule has 0 N–H and O–H groups in total. The van der Waals surface area contributed by atoms with Gasteiger partial charge in [0.25, 0.3) is 0 Å². The van der Waals surface area contributed by atoms with Gasteiger partial charge < -0.3 is 4.42 Å². The van der Waals surface area contributed by atoms with E-state index in [-0.39, 0.29) is 35.7 Å². The Hall–Kier alpha value is -2.43. The average molecular weight is 437 g/mol. The molecule has 10 heteroatoms. The Balaban J connectivity index is 1.56. The third-order valence-electron chi connectivity index (χ3n) is 5.31. The average Bonchev–Trinajstić information content (AvgIpc) is 3.02. The zero-order valence-corrected chi connectivity index (χ0v) is 17.3. The van der Waals surface area contributed by atoms with Crippen LogP contribution in [0, 0.1) is 0 Å². The number of nitrogens with zero attached hydrogens (tertiary/aromatic N) is 2. The van der Waals surface area contributed by atoms with E-state index >= 15 is 0 Å². The number of hydrogen-bond acceptors (Lipinski definition) is 6. The Morgan fingerprint density at radius 2 is 1.59 bits per heavy atom. The SMILES string of the molecule is Cn1c(=O)oc2ccc(S(=O)(=O)N3CCC(S(=O)(=O)c4ccccc4)CC3)cc21. The van der Waals surface area contributed by atoms with Crippen molar-refractivity contribution >= 4 is 31.0 Å². The van der Waals surface area contributed by atoms with Crippen molar-refractivity contribution in [2.75, 3.05) is 13.1 Å². The number of fused-ring (bicyclic) bond motifs is 1. The normalized spacial score (nSPS) is 17.0. The van der Waals surface area contributed by atoms with Crippen LogP contribution in [0.4, 0.5) is 0 Å². The lowest BCUT2D eigenvalue weighted by molar-refractivity contribution is 0.345. The van der Waals surface area contributed by atoms with Crippen LogP contribution in [0.5, 0.6) is 0 Å². The summed E-state index contributed by atoms with van der Waals surface area (Å²) in [6, 6.07) is 12.5. The molecule has 1 saturated heterocycles. The van der Waals surface area contributed by atoms with E-state index in [1.54, 1.807) is 30.3 Å². The summed E-state index contributed by atoms with van der Waals surface area (Å²) >= 11 is 0. The van der Waals surface area contributed by atoms with Crippen LogP contribution in [-0.4, -0.2) is 44.0 Å². The number of sulfone groups is 1. The molecule has 8 nitrogen and oxygen atoms in total. The Kier molecular flexibility index (Phi) is 4.88. The van der Waals surface area contributed by atoms with Crippen LogP contribution in [0.15, 0.2) is 67.5 Å². The van der Waals surface area contributed by atoms with Crippen LogP contribution in [0.25, 0.3) is 11.1 Å². The Morgan fingerprint density at radius 3 is 2.24 bits per heavy atom. The van der Waals surface area contributed by atoms with E-state index < -0.39 is 30.9 Å². The van der Waals surface area contributed by atoms with E-state index in [0.29, 0.717) is 11.1 Å². The minimum atomic E-state index is -3.81. The summed E-state index contributed by atoms with van der Waals surface area (Å²) in [6.07, 6.45) is 0.450. The highest BCUT2D eigenvalue weighted by molar-refractivity contribution is 7.92. The monoisotopic (exact) mass is 436 g/mol. The maximum Gasteiger partial charge on any atom is 0.419 e. The first kappa shape index (κ1) is 19.9. The number of piperidine rings is 1. The standard InChI is InChI=1S/C19H20N2O6S2/c1-20-17-13-16(7-8-18(17)27-19(20)22)29(25,26)21-11-9-15(10-12-21)28(23,24)14-5-3-2-4-6-14/h2-8,13,15H,9-12H2,1H3. The molecule has 4 rings (SSSR count). The first-order valence-electron chi connectivity index (χ1n) is 9.10. The zero-order chi connectivity index (χ0) is 20.8. The summed E-state index contributed by atoms with van der Waals surface area (Å²) in [5.41, 5.74) is 0.696.